The molecule has 0 atom stereocenters. The highest BCUT2D eigenvalue weighted by molar-refractivity contribution is 6.53. The maximum absolute atomic E-state index is 13.1. The summed E-state index contributed by atoms with van der Waals surface area (Å²) in [5.74, 6) is -2.83. The van der Waals surface area contributed by atoms with Crippen LogP contribution in [0.5, 0.6) is 0 Å². The van der Waals surface area contributed by atoms with Crippen molar-refractivity contribution in [1.29, 1.82) is 0 Å². The molecule has 0 radical (unpaired) electrons. The smallest absolute Gasteiger partial charge is 0.416 e. The first-order valence-electron chi connectivity index (χ1n) is 11.4. The molecule has 0 aromatic heterocycles. The molecule has 8 nitrogen and oxygen atoms in total. The Labute approximate surface area is 225 Å². The van der Waals surface area contributed by atoms with Gasteiger partial charge in [-0.15, -0.1) is 0 Å². The van der Waals surface area contributed by atoms with Crippen LogP contribution in [0.3, 0.4) is 0 Å². The highest BCUT2D eigenvalue weighted by atomic mass is 35.5. The molecule has 0 bridgehead atoms. The van der Waals surface area contributed by atoms with Gasteiger partial charge >= 0.3 is 12.1 Å². The van der Waals surface area contributed by atoms with Gasteiger partial charge in [-0.2, -0.15) is 13.2 Å². The monoisotopic (exact) mass is 557 g/mol. The first kappa shape index (κ1) is 27.4. The number of carbonyl (C=O) groups excluding carboxylic acids is 4. The van der Waals surface area contributed by atoms with Crippen molar-refractivity contribution in [3.63, 3.8) is 0 Å². The molecule has 0 saturated carbocycles. The average Bonchev–Trinajstić information content (AvgIpc) is 3.11. The average molecular weight is 558 g/mol. The molecule has 1 aliphatic rings. The molecule has 3 aromatic rings. The molecule has 2 N–H and O–H groups in total. The SMILES string of the molecule is CCOC(=O)c1ccc(N2C(=O)C(Cl)=C(Nc3cccc(C(=O)Nc4cccc(C(F)(F)F)c4)c3)C2=O)cc1. The largest absolute Gasteiger partial charge is 0.462 e. The van der Waals surface area contributed by atoms with Gasteiger partial charge in [-0.05, 0) is 67.6 Å². The molecular weight excluding hydrogens is 539 g/mol. The summed E-state index contributed by atoms with van der Waals surface area (Å²) in [4.78, 5) is 51.2. The molecule has 0 unspecified atom stereocenters. The number of anilines is 3. The van der Waals surface area contributed by atoms with Crippen LogP contribution in [0.2, 0.25) is 0 Å². The van der Waals surface area contributed by atoms with Crippen LogP contribution >= 0.6 is 11.6 Å². The first-order valence-corrected chi connectivity index (χ1v) is 11.8. The second-order valence-electron chi connectivity index (χ2n) is 8.14. The van der Waals surface area contributed by atoms with E-state index in [2.05, 4.69) is 10.6 Å². The summed E-state index contributed by atoms with van der Waals surface area (Å²) in [5, 5.41) is 4.74. The van der Waals surface area contributed by atoms with Gasteiger partial charge in [0.25, 0.3) is 17.7 Å². The molecular formula is C27H19ClF3N3O5. The Hall–Kier alpha value is -4.64. The normalized spacial score (nSPS) is 13.5. The van der Waals surface area contributed by atoms with E-state index in [1.165, 1.54) is 60.7 Å². The van der Waals surface area contributed by atoms with E-state index in [1.807, 2.05) is 0 Å². The van der Waals surface area contributed by atoms with Gasteiger partial charge in [0.05, 0.1) is 23.4 Å². The predicted octanol–water partition coefficient (Wildman–Crippen LogP) is 5.57. The molecule has 3 aromatic carbocycles. The zero-order valence-corrected chi connectivity index (χ0v) is 20.9. The lowest BCUT2D eigenvalue weighted by Crippen LogP contribution is -2.32. The van der Waals surface area contributed by atoms with Gasteiger partial charge in [0.15, 0.2) is 0 Å². The number of halogens is 4. The number of alkyl halides is 3. The molecule has 1 aliphatic heterocycles. The van der Waals surface area contributed by atoms with Gasteiger partial charge in [0.2, 0.25) is 0 Å². The molecule has 0 spiro atoms. The number of nitrogens with zero attached hydrogens (tertiary/aromatic N) is 1. The van der Waals surface area contributed by atoms with Crippen molar-refractivity contribution in [3.8, 4) is 0 Å². The second-order valence-corrected chi connectivity index (χ2v) is 8.52. The van der Waals surface area contributed by atoms with E-state index in [0.29, 0.717) is 0 Å². The Morgan fingerprint density at radius 2 is 1.56 bits per heavy atom. The standard InChI is InChI=1S/C27H19ClF3N3O5/c1-2-39-26(38)15-9-11-20(12-10-15)34-24(36)21(28)22(25(34)37)32-18-7-3-5-16(13-18)23(35)33-19-8-4-6-17(14-19)27(29,30)31/h3-14,32H,2H2,1H3,(H,33,35). The summed E-state index contributed by atoms with van der Waals surface area (Å²) in [5.41, 5.74) is -0.522. The molecule has 39 heavy (non-hydrogen) atoms. The Morgan fingerprint density at radius 1 is 0.897 bits per heavy atom. The Bertz CT molecular complexity index is 1500. The molecule has 0 aliphatic carbocycles. The van der Waals surface area contributed by atoms with Crippen molar-refractivity contribution in [1.82, 2.24) is 0 Å². The van der Waals surface area contributed by atoms with E-state index in [1.54, 1.807) is 6.92 Å². The maximum atomic E-state index is 13.1. The fraction of sp³-hybridized carbons (Fsp3) is 0.111. The van der Waals surface area contributed by atoms with Gasteiger partial charge in [-0.25, -0.2) is 9.69 Å². The van der Waals surface area contributed by atoms with Gasteiger partial charge in [-0.3, -0.25) is 14.4 Å². The number of ether oxygens (including phenoxy) is 1. The van der Waals surface area contributed by atoms with Crippen LogP contribution in [-0.4, -0.2) is 30.3 Å². The molecule has 4 rings (SSSR count). The summed E-state index contributed by atoms with van der Waals surface area (Å²) >= 11 is 6.16. The number of benzene rings is 3. The number of carbonyl (C=O) groups is 4. The van der Waals surface area contributed by atoms with E-state index < -0.39 is 40.5 Å². The first-order chi connectivity index (χ1) is 18.5. The fourth-order valence-electron chi connectivity index (χ4n) is 3.67. The van der Waals surface area contributed by atoms with E-state index in [4.69, 9.17) is 16.3 Å². The molecule has 1 heterocycles. The fourth-order valence-corrected chi connectivity index (χ4v) is 3.88. The minimum atomic E-state index is -4.57. The van der Waals surface area contributed by atoms with Crippen LogP contribution in [0, 0.1) is 0 Å². The van der Waals surface area contributed by atoms with Crippen LogP contribution in [-0.2, 0) is 20.5 Å². The Morgan fingerprint density at radius 3 is 2.23 bits per heavy atom. The zero-order chi connectivity index (χ0) is 28.3. The summed E-state index contributed by atoms with van der Waals surface area (Å²) in [6.07, 6.45) is -4.57. The van der Waals surface area contributed by atoms with Gasteiger partial charge in [0, 0.05) is 16.9 Å². The quantitative estimate of drug-likeness (QED) is 0.291. The summed E-state index contributed by atoms with van der Waals surface area (Å²) in [6.45, 7) is 1.85. The number of amides is 3. The Balaban J connectivity index is 1.50. The van der Waals surface area contributed by atoms with Crippen LogP contribution < -0.4 is 15.5 Å². The predicted molar refractivity (Wildman–Crippen MR) is 137 cm³/mol. The number of nitrogens with one attached hydrogen (secondary N) is 2. The summed E-state index contributed by atoms with van der Waals surface area (Å²) < 4.78 is 43.8. The van der Waals surface area contributed by atoms with Crippen molar-refractivity contribution < 1.29 is 37.1 Å². The van der Waals surface area contributed by atoms with E-state index in [-0.39, 0.29) is 40.5 Å². The maximum Gasteiger partial charge on any atom is 0.416 e. The van der Waals surface area contributed by atoms with Gasteiger partial charge in [0.1, 0.15) is 10.7 Å². The summed E-state index contributed by atoms with van der Waals surface area (Å²) in [7, 11) is 0. The highest BCUT2D eigenvalue weighted by Crippen LogP contribution is 2.32. The van der Waals surface area contributed by atoms with Crippen molar-refractivity contribution >= 4 is 52.4 Å². The third-order valence-electron chi connectivity index (χ3n) is 5.51. The van der Waals surface area contributed by atoms with Gasteiger partial charge in [-0.1, -0.05) is 23.7 Å². The minimum absolute atomic E-state index is 0.0554. The van der Waals surface area contributed by atoms with Crippen molar-refractivity contribution in [3.05, 3.63) is 100 Å². The summed E-state index contributed by atoms with van der Waals surface area (Å²) in [6, 6.07) is 15.5. The Kier molecular flexibility index (Phi) is 7.73. The number of rotatable bonds is 7. The van der Waals surface area contributed by atoms with E-state index in [0.717, 1.165) is 17.0 Å². The van der Waals surface area contributed by atoms with Crippen molar-refractivity contribution in [2.45, 2.75) is 13.1 Å². The molecule has 0 saturated heterocycles. The molecule has 12 heteroatoms. The number of hydrogen-bond donors (Lipinski definition) is 2. The topological polar surface area (TPSA) is 105 Å². The number of esters is 1. The number of hydrogen-bond acceptors (Lipinski definition) is 6. The number of imide groups is 1. The van der Waals surface area contributed by atoms with Crippen LogP contribution in [0.25, 0.3) is 0 Å². The van der Waals surface area contributed by atoms with Crippen molar-refractivity contribution in [2.24, 2.45) is 0 Å². The lowest BCUT2D eigenvalue weighted by molar-refractivity contribution is -0.137. The third-order valence-corrected chi connectivity index (χ3v) is 5.86. The van der Waals surface area contributed by atoms with Crippen molar-refractivity contribution in [2.75, 3.05) is 22.1 Å². The van der Waals surface area contributed by atoms with E-state index >= 15 is 0 Å². The minimum Gasteiger partial charge on any atom is -0.462 e. The highest BCUT2D eigenvalue weighted by Gasteiger charge is 2.39. The van der Waals surface area contributed by atoms with Crippen LogP contribution in [0.15, 0.2) is 83.5 Å². The molecule has 3 amide bonds. The molecule has 0 fully saturated rings. The lowest BCUT2D eigenvalue weighted by Gasteiger charge is -2.15. The second kappa shape index (κ2) is 11.0. The van der Waals surface area contributed by atoms with Crippen LogP contribution in [0.1, 0.15) is 33.2 Å². The van der Waals surface area contributed by atoms with E-state index in [9.17, 15) is 32.3 Å². The van der Waals surface area contributed by atoms with Gasteiger partial charge < -0.3 is 15.4 Å². The zero-order valence-electron chi connectivity index (χ0n) is 20.1. The molecule has 200 valence electrons. The third kappa shape index (κ3) is 5.93. The lowest BCUT2D eigenvalue weighted by atomic mass is 10.1. The van der Waals surface area contributed by atoms with Crippen LogP contribution in [0.4, 0.5) is 30.2 Å².